The second-order valence-corrected chi connectivity index (χ2v) is 6.57. The van der Waals surface area contributed by atoms with E-state index in [4.69, 9.17) is 10.00 Å². The number of hydrogen-bond acceptors (Lipinski definition) is 4. The number of carbonyl (C=O) groups is 1. The minimum Gasteiger partial charge on any atom is -0.457 e. The molecule has 0 radical (unpaired) electrons. The average Bonchev–Trinajstić information content (AvgIpc) is 3.48. The van der Waals surface area contributed by atoms with Crippen LogP contribution in [-0.4, -0.2) is 23.2 Å². The van der Waals surface area contributed by atoms with Crippen LogP contribution < -0.4 is 10.1 Å². The molecule has 1 fully saturated rings. The lowest BCUT2D eigenvalue weighted by Crippen LogP contribution is -2.50. The number of nitriles is 1. The first-order chi connectivity index (χ1) is 12.0. The third-order valence-corrected chi connectivity index (χ3v) is 4.52. The maximum absolute atomic E-state index is 12.5. The van der Waals surface area contributed by atoms with Gasteiger partial charge in [0.15, 0.2) is 0 Å². The summed E-state index contributed by atoms with van der Waals surface area (Å²) in [5, 5.41) is 21.4. The van der Waals surface area contributed by atoms with E-state index in [2.05, 4.69) is 11.4 Å². The SMILES string of the molecule is CC(CO)(NC(=O)c1cccc(Oc2ccc(C#N)cc2)c1)C1CC1. The molecule has 1 amide bonds. The summed E-state index contributed by atoms with van der Waals surface area (Å²) >= 11 is 0. The van der Waals surface area contributed by atoms with Gasteiger partial charge in [-0.25, -0.2) is 0 Å². The van der Waals surface area contributed by atoms with Crippen LogP contribution in [0.4, 0.5) is 0 Å². The van der Waals surface area contributed by atoms with Crippen molar-refractivity contribution in [3.8, 4) is 17.6 Å². The van der Waals surface area contributed by atoms with Gasteiger partial charge in [0.2, 0.25) is 0 Å². The third-order valence-electron chi connectivity index (χ3n) is 4.52. The quantitative estimate of drug-likeness (QED) is 0.848. The molecule has 0 bridgehead atoms. The van der Waals surface area contributed by atoms with Gasteiger partial charge in [-0.2, -0.15) is 5.26 Å². The summed E-state index contributed by atoms with van der Waals surface area (Å²) in [6.45, 7) is 1.80. The van der Waals surface area contributed by atoms with E-state index in [1.54, 1.807) is 48.5 Å². The molecule has 1 saturated carbocycles. The summed E-state index contributed by atoms with van der Waals surface area (Å²) < 4.78 is 5.75. The van der Waals surface area contributed by atoms with Crippen molar-refractivity contribution in [3.05, 3.63) is 59.7 Å². The van der Waals surface area contributed by atoms with Gasteiger partial charge in [-0.05, 0) is 68.1 Å². The van der Waals surface area contributed by atoms with Crippen molar-refractivity contribution in [3.63, 3.8) is 0 Å². The number of aliphatic hydroxyl groups is 1. The van der Waals surface area contributed by atoms with E-state index in [0.717, 1.165) is 12.8 Å². The maximum atomic E-state index is 12.5. The minimum absolute atomic E-state index is 0.0785. The highest BCUT2D eigenvalue weighted by Crippen LogP contribution is 2.39. The Labute approximate surface area is 146 Å². The van der Waals surface area contributed by atoms with Crippen molar-refractivity contribution >= 4 is 5.91 Å². The zero-order chi connectivity index (χ0) is 17.9. The van der Waals surface area contributed by atoms with Gasteiger partial charge < -0.3 is 15.2 Å². The third kappa shape index (κ3) is 3.98. The molecule has 1 unspecified atom stereocenters. The Morgan fingerprint density at radius 3 is 2.60 bits per heavy atom. The summed E-state index contributed by atoms with van der Waals surface area (Å²) in [4.78, 5) is 12.5. The predicted octanol–water partition coefficient (Wildman–Crippen LogP) is 3.24. The number of benzene rings is 2. The van der Waals surface area contributed by atoms with Gasteiger partial charge in [-0.1, -0.05) is 6.07 Å². The van der Waals surface area contributed by atoms with E-state index in [1.807, 2.05) is 6.92 Å². The van der Waals surface area contributed by atoms with Crippen molar-refractivity contribution in [2.24, 2.45) is 5.92 Å². The molecule has 5 heteroatoms. The summed E-state index contributed by atoms with van der Waals surface area (Å²) in [7, 11) is 0. The Balaban J connectivity index is 1.72. The van der Waals surface area contributed by atoms with Gasteiger partial charge >= 0.3 is 0 Å². The Morgan fingerprint density at radius 2 is 2.00 bits per heavy atom. The molecule has 0 saturated heterocycles. The van der Waals surface area contributed by atoms with Crippen molar-refractivity contribution in [2.75, 3.05) is 6.61 Å². The first-order valence-electron chi connectivity index (χ1n) is 8.25. The minimum atomic E-state index is -0.582. The molecule has 2 aromatic rings. The fourth-order valence-corrected chi connectivity index (χ4v) is 2.76. The largest absolute Gasteiger partial charge is 0.457 e. The number of nitrogens with zero attached hydrogens (tertiary/aromatic N) is 1. The number of rotatable bonds is 6. The second kappa shape index (κ2) is 6.96. The van der Waals surface area contributed by atoms with Crippen LogP contribution in [0.1, 0.15) is 35.7 Å². The highest BCUT2D eigenvalue weighted by Gasteiger charge is 2.42. The number of ether oxygens (including phenoxy) is 1. The normalized spacial score (nSPS) is 15.7. The molecule has 0 heterocycles. The zero-order valence-electron chi connectivity index (χ0n) is 14.0. The van der Waals surface area contributed by atoms with Crippen LogP contribution in [0.3, 0.4) is 0 Å². The predicted molar refractivity (Wildman–Crippen MR) is 93.4 cm³/mol. The summed E-state index contributed by atoms with van der Waals surface area (Å²) in [6, 6.07) is 15.7. The van der Waals surface area contributed by atoms with Gasteiger partial charge in [-0.3, -0.25) is 4.79 Å². The molecule has 1 atom stereocenters. The fraction of sp³-hybridized carbons (Fsp3) is 0.300. The molecule has 128 valence electrons. The molecule has 1 aliphatic carbocycles. The maximum Gasteiger partial charge on any atom is 0.251 e. The lowest BCUT2D eigenvalue weighted by Gasteiger charge is -2.28. The Morgan fingerprint density at radius 1 is 1.28 bits per heavy atom. The molecule has 5 nitrogen and oxygen atoms in total. The van der Waals surface area contributed by atoms with Crippen molar-refractivity contribution in [1.82, 2.24) is 5.32 Å². The molecular formula is C20H20N2O3. The van der Waals surface area contributed by atoms with E-state index in [0.29, 0.717) is 28.5 Å². The van der Waals surface area contributed by atoms with Gasteiger partial charge in [0.05, 0.1) is 23.8 Å². The van der Waals surface area contributed by atoms with E-state index >= 15 is 0 Å². The lowest BCUT2D eigenvalue weighted by atomic mass is 9.96. The van der Waals surface area contributed by atoms with Crippen LogP contribution in [0.25, 0.3) is 0 Å². The van der Waals surface area contributed by atoms with Gasteiger partial charge in [-0.15, -0.1) is 0 Å². The first-order valence-corrected chi connectivity index (χ1v) is 8.25. The smallest absolute Gasteiger partial charge is 0.251 e. The number of carbonyl (C=O) groups excluding carboxylic acids is 1. The molecule has 0 aliphatic heterocycles. The highest BCUT2D eigenvalue weighted by molar-refractivity contribution is 5.95. The topological polar surface area (TPSA) is 82.3 Å². The Kier molecular flexibility index (Phi) is 4.73. The molecule has 2 aromatic carbocycles. The summed E-state index contributed by atoms with van der Waals surface area (Å²) in [5.41, 5.74) is 0.455. The molecule has 1 aliphatic rings. The van der Waals surface area contributed by atoms with Crippen molar-refractivity contribution < 1.29 is 14.6 Å². The zero-order valence-corrected chi connectivity index (χ0v) is 14.0. The van der Waals surface area contributed by atoms with E-state index in [1.165, 1.54) is 0 Å². The molecule has 2 N–H and O–H groups in total. The number of hydrogen-bond donors (Lipinski definition) is 2. The lowest BCUT2D eigenvalue weighted by molar-refractivity contribution is 0.0824. The molecule has 0 spiro atoms. The first kappa shape index (κ1) is 17.0. The van der Waals surface area contributed by atoms with Crippen LogP contribution in [-0.2, 0) is 0 Å². The van der Waals surface area contributed by atoms with Crippen LogP contribution in [0.2, 0.25) is 0 Å². The Hall–Kier alpha value is -2.84. The van der Waals surface area contributed by atoms with Crippen LogP contribution in [0, 0.1) is 17.2 Å². The van der Waals surface area contributed by atoms with E-state index in [9.17, 15) is 9.90 Å². The molecule has 3 rings (SSSR count). The van der Waals surface area contributed by atoms with E-state index in [-0.39, 0.29) is 12.5 Å². The monoisotopic (exact) mass is 336 g/mol. The number of aliphatic hydroxyl groups excluding tert-OH is 1. The number of nitrogens with one attached hydrogen (secondary N) is 1. The highest BCUT2D eigenvalue weighted by atomic mass is 16.5. The molecule has 0 aromatic heterocycles. The average molecular weight is 336 g/mol. The van der Waals surface area contributed by atoms with E-state index < -0.39 is 5.54 Å². The standard InChI is InChI=1S/C20H20N2O3/c1-20(13-23,16-7-8-16)22-19(24)15-3-2-4-18(11-15)25-17-9-5-14(12-21)6-10-17/h2-6,9-11,16,23H,7-8,13H2,1H3,(H,22,24). The summed E-state index contributed by atoms with van der Waals surface area (Å²) in [6.07, 6.45) is 2.05. The molecule has 25 heavy (non-hydrogen) atoms. The van der Waals surface area contributed by atoms with Crippen LogP contribution in [0.15, 0.2) is 48.5 Å². The van der Waals surface area contributed by atoms with Crippen LogP contribution in [0.5, 0.6) is 11.5 Å². The fourth-order valence-electron chi connectivity index (χ4n) is 2.76. The molecular weight excluding hydrogens is 316 g/mol. The van der Waals surface area contributed by atoms with Gasteiger partial charge in [0.25, 0.3) is 5.91 Å². The summed E-state index contributed by atoms with van der Waals surface area (Å²) in [5.74, 6) is 1.23. The second-order valence-electron chi connectivity index (χ2n) is 6.57. The van der Waals surface area contributed by atoms with Crippen molar-refractivity contribution in [1.29, 1.82) is 5.26 Å². The Bertz CT molecular complexity index is 806. The van der Waals surface area contributed by atoms with Crippen molar-refractivity contribution in [2.45, 2.75) is 25.3 Å². The van der Waals surface area contributed by atoms with Crippen LogP contribution >= 0.6 is 0 Å². The van der Waals surface area contributed by atoms with Gasteiger partial charge in [0.1, 0.15) is 11.5 Å². The van der Waals surface area contributed by atoms with Gasteiger partial charge in [0, 0.05) is 5.56 Å². The number of amides is 1.